The molecule has 20 heavy (non-hydrogen) atoms. The number of ether oxygens (including phenoxy) is 2. The average Bonchev–Trinajstić information content (AvgIpc) is 2.47. The number of halogens is 1. The monoisotopic (exact) mass is 297 g/mol. The molecule has 1 unspecified atom stereocenters. The van der Waals surface area contributed by atoms with Crippen molar-refractivity contribution in [1.82, 2.24) is 4.90 Å². The normalized spacial score (nSPS) is 19.9. The van der Waals surface area contributed by atoms with Gasteiger partial charge < -0.3 is 9.47 Å². The topological polar surface area (TPSA) is 38.8 Å². The van der Waals surface area contributed by atoms with Crippen molar-refractivity contribution in [3.63, 3.8) is 0 Å². The quantitative estimate of drug-likeness (QED) is 0.783. The maximum Gasteiger partial charge on any atom is 0.196 e. The zero-order chi connectivity index (χ0) is 14.5. The zero-order valence-corrected chi connectivity index (χ0v) is 12.7. The summed E-state index contributed by atoms with van der Waals surface area (Å²) in [5.74, 6) is 0.473. The molecule has 0 bridgehead atoms. The molecular formula is C15H20ClNO3. The maximum absolute atomic E-state index is 12.6. The van der Waals surface area contributed by atoms with Crippen LogP contribution in [0.2, 0.25) is 5.02 Å². The van der Waals surface area contributed by atoms with Crippen LogP contribution in [0.1, 0.15) is 23.7 Å². The van der Waals surface area contributed by atoms with E-state index in [4.69, 9.17) is 21.1 Å². The van der Waals surface area contributed by atoms with Crippen LogP contribution >= 0.6 is 11.6 Å². The van der Waals surface area contributed by atoms with Gasteiger partial charge >= 0.3 is 0 Å². The minimum absolute atomic E-state index is 0.0647. The number of nitrogens with zero attached hydrogens (tertiary/aromatic N) is 1. The van der Waals surface area contributed by atoms with E-state index < -0.39 is 6.10 Å². The number of carbonyl (C=O) groups is 1. The Balaban J connectivity index is 2.16. The second-order valence-corrected chi connectivity index (χ2v) is 5.31. The van der Waals surface area contributed by atoms with Gasteiger partial charge in [-0.2, -0.15) is 0 Å². The van der Waals surface area contributed by atoms with Gasteiger partial charge in [-0.3, -0.25) is 9.69 Å². The van der Waals surface area contributed by atoms with Crippen molar-refractivity contribution in [2.45, 2.75) is 19.4 Å². The third-order valence-electron chi connectivity index (χ3n) is 3.41. The van der Waals surface area contributed by atoms with E-state index >= 15 is 0 Å². The second kappa shape index (κ2) is 7.07. The first-order valence-corrected chi connectivity index (χ1v) is 7.25. The summed E-state index contributed by atoms with van der Waals surface area (Å²) in [6, 6.07) is 5.06. The molecule has 1 aromatic carbocycles. The fourth-order valence-corrected chi connectivity index (χ4v) is 2.60. The Labute approximate surface area is 124 Å². The van der Waals surface area contributed by atoms with Gasteiger partial charge in [0.15, 0.2) is 5.78 Å². The van der Waals surface area contributed by atoms with Crippen LogP contribution in [-0.4, -0.2) is 50.1 Å². The summed E-state index contributed by atoms with van der Waals surface area (Å²) in [6.45, 7) is 5.21. The summed E-state index contributed by atoms with van der Waals surface area (Å²) >= 11 is 5.98. The molecule has 0 N–H and O–H groups in total. The number of rotatable bonds is 5. The molecule has 0 spiro atoms. The fraction of sp³-hybridized carbons (Fsp3) is 0.533. The van der Waals surface area contributed by atoms with Gasteiger partial charge in [0, 0.05) is 18.1 Å². The predicted octanol–water partition coefficient (Wildman–Crippen LogP) is 2.64. The molecule has 1 aliphatic rings. The smallest absolute Gasteiger partial charge is 0.196 e. The van der Waals surface area contributed by atoms with Gasteiger partial charge in [-0.15, -0.1) is 0 Å². The summed E-state index contributed by atoms with van der Waals surface area (Å²) in [5.41, 5.74) is 0.489. The third kappa shape index (κ3) is 3.51. The van der Waals surface area contributed by atoms with Gasteiger partial charge in [-0.05, 0) is 31.2 Å². The van der Waals surface area contributed by atoms with Crippen molar-refractivity contribution in [3.05, 3.63) is 28.8 Å². The highest BCUT2D eigenvalue weighted by Gasteiger charge is 2.29. The van der Waals surface area contributed by atoms with Crippen LogP contribution in [0.3, 0.4) is 0 Å². The number of hydrogen-bond donors (Lipinski definition) is 0. The molecule has 1 atom stereocenters. The average molecular weight is 298 g/mol. The minimum atomic E-state index is -0.442. The molecule has 2 rings (SSSR count). The van der Waals surface area contributed by atoms with Gasteiger partial charge in [-0.1, -0.05) is 18.5 Å². The number of benzene rings is 1. The lowest BCUT2D eigenvalue weighted by Crippen LogP contribution is -2.46. The standard InChI is InChI=1S/C15H20ClNO3/c1-3-6-17-7-8-20-14(10-17)15(18)12-9-11(16)4-5-13(12)19-2/h4-5,9,14H,3,6-8,10H2,1-2H3. The molecule has 0 aliphatic carbocycles. The van der Waals surface area contributed by atoms with Gasteiger partial charge in [0.25, 0.3) is 0 Å². The predicted molar refractivity (Wildman–Crippen MR) is 78.8 cm³/mol. The van der Waals surface area contributed by atoms with Gasteiger partial charge in [0.1, 0.15) is 11.9 Å². The molecule has 1 aromatic rings. The van der Waals surface area contributed by atoms with E-state index in [1.54, 1.807) is 25.3 Å². The van der Waals surface area contributed by atoms with E-state index in [9.17, 15) is 4.79 Å². The molecule has 1 aliphatic heterocycles. The van der Waals surface area contributed by atoms with E-state index in [1.807, 2.05) is 0 Å². The fourth-order valence-electron chi connectivity index (χ4n) is 2.43. The molecule has 4 nitrogen and oxygen atoms in total. The first-order valence-electron chi connectivity index (χ1n) is 6.87. The highest BCUT2D eigenvalue weighted by atomic mass is 35.5. The zero-order valence-electron chi connectivity index (χ0n) is 11.9. The van der Waals surface area contributed by atoms with E-state index in [0.717, 1.165) is 19.5 Å². The van der Waals surface area contributed by atoms with E-state index in [2.05, 4.69) is 11.8 Å². The molecule has 0 radical (unpaired) electrons. The van der Waals surface area contributed by atoms with Crippen LogP contribution in [0.4, 0.5) is 0 Å². The molecule has 0 saturated carbocycles. The lowest BCUT2D eigenvalue weighted by molar-refractivity contribution is -0.0164. The van der Waals surface area contributed by atoms with Crippen molar-refractivity contribution < 1.29 is 14.3 Å². The number of carbonyl (C=O) groups excluding carboxylic acids is 1. The molecule has 0 amide bonds. The summed E-state index contributed by atoms with van der Waals surface area (Å²) in [5, 5.41) is 0.523. The largest absolute Gasteiger partial charge is 0.496 e. The third-order valence-corrected chi connectivity index (χ3v) is 3.64. The number of morpholine rings is 1. The lowest BCUT2D eigenvalue weighted by Gasteiger charge is -2.32. The summed E-state index contributed by atoms with van der Waals surface area (Å²) in [6.07, 6.45) is 0.629. The van der Waals surface area contributed by atoms with Gasteiger partial charge in [-0.25, -0.2) is 0 Å². The van der Waals surface area contributed by atoms with Crippen LogP contribution in [0.15, 0.2) is 18.2 Å². The Kier molecular flexibility index (Phi) is 5.40. The minimum Gasteiger partial charge on any atom is -0.496 e. The van der Waals surface area contributed by atoms with Gasteiger partial charge in [0.05, 0.1) is 19.3 Å². The van der Waals surface area contributed by atoms with Crippen molar-refractivity contribution in [3.8, 4) is 5.75 Å². The number of methoxy groups -OCH3 is 1. The first kappa shape index (κ1) is 15.3. The Bertz CT molecular complexity index is 476. The molecule has 1 saturated heterocycles. The Morgan fingerprint density at radius 2 is 2.35 bits per heavy atom. The number of hydrogen-bond acceptors (Lipinski definition) is 4. The van der Waals surface area contributed by atoms with E-state index in [-0.39, 0.29) is 5.78 Å². The second-order valence-electron chi connectivity index (χ2n) is 4.87. The van der Waals surface area contributed by atoms with Crippen LogP contribution < -0.4 is 4.74 Å². The summed E-state index contributed by atoms with van der Waals surface area (Å²) < 4.78 is 10.9. The first-order chi connectivity index (χ1) is 9.65. The van der Waals surface area contributed by atoms with Crippen LogP contribution in [0, 0.1) is 0 Å². The molecular weight excluding hydrogens is 278 g/mol. The number of Topliss-reactive ketones (excluding diaryl/α,β-unsaturated/α-hetero) is 1. The van der Waals surface area contributed by atoms with Crippen molar-refractivity contribution in [2.75, 3.05) is 33.4 Å². The van der Waals surface area contributed by atoms with Crippen LogP contribution in [0.5, 0.6) is 5.75 Å². The maximum atomic E-state index is 12.6. The highest BCUT2D eigenvalue weighted by molar-refractivity contribution is 6.31. The molecule has 110 valence electrons. The van der Waals surface area contributed by atoms with Crippen LogP contribution in [0.25, 0.3) is 0 Å². The molecule has 0 aromatic heterocycles. The SMILES string of the molecule is CCCN1CCOC(C(=O)c2cc(Cl)ccc2OC)C1. The molecule has 1 heterocycles. The lowest BCUT2D eigenvalue weighted by atomic mass is 10.0. The van der Waals surface area contributed by atoms with E-state index in [0.29, 0.717) is 29.5 Å². The Hall–Kier alpha value is -1.10. The summed E-state index contributed by atoms with van der Waals surface area (Å²) in [4.78, 5) is 14.8. The Morgan fingerprint density at radius 3 is 3.05 bits per heavy atom. The highest BCUT2D eigenvalue weighted by Crippen LogP contribution is 2.25. The van der Waals surface area contributed by atoms with E-state index in [1.165, 1.54) is 0 Å². The van der Waals surface area contributed by atoms with Crippen molar-refractivity contribution in [2.24, 2.45) is 0 Å². The van der Waals surface area contributed by atoms with Crippen molar-refractivity contribution in [1.29, 1.82) is 0 Å². The van der Waals surface area contributed by atoms with Gasteiger partial charge in [0.2, 0.25) is 0 Å². The number of ketones is 1. The summed E-state index contributed by atoms with van der Waals surface area (Å²) in [7, 11) is 1.55. The van der Waals surface area contributed by atoms with Crippen molar-refractivity contribution >= 4 is 17.4 Å². The molecule has 5 heteroatoms. The molecule has 1 fully saturated rings. The van der Waals surface area contributed by atoms with Crippen LogP contribution in [-0.2, 0) is 4.74 Å². The Morgan fingerprint density at radius 1 is 1.55 bits per heavy atom.